The topological polar surface area (TPSA) is 98.0 Å². The van der Waals surface area contributed by atoms with E-state index in [0.29, 0.717) is 21.3 Å². The molecule has 1 aromatic heterocycles. The Morgan fingerprint density at radius 1 is 1.12 bits per heavy atom. The minimum Gasteiger partial charge on any atom is -0.296 e. The van der Waals surface area contributed by atoms with Crippen molar-refractivity contribution in [3.05, 3.63) is 69.3 Å². The van der Waals surface area contributed by atoms with Crippen LogP contribution in [0.2, 0.25) is 0 Å². The monoisotopic (exact) mass is 354 g/mol. The molecule has 0 aliphatic heterocycles. The van der Waals surface area contributed by atoms with E-state index in [2.05, 4.69) is 15.5 Å². The van der Waals surface area contributed by atoms with Crippen LogP contribution in [0.4, 0.5) is 10.8 Å². The number of nitro benzene ring substituents is 1. The first-order valence-electron chi connectivity index (χ1n) is 7.41. The van der Waals surface area contributed by atoms with Gasteiger partial charge in [0.2, 0.25) is 5.13 Å². The lowest BCUT2D eigenvalue weighted by molar-refractivity contribution is -0.384. The zero-order valence-electron chi connectivity index (χ0n) is 13.5. The van der Waals surface area contributed by atoms with E-state index in [-0.39, 0.29) is 11.6 Å². The van der Waals surface area contributed by atoms with Gasteiger partial charge in [0.15, 0.2) is 0 Å². The summed E-state index contributed by atoms with van der Waals surface area (Å²) in [5, 5.41) is 22.3. The minimum atomic E-state index is -0.465. The largest absolute Gasteiger partial charge is 0.296 e. The number of nitro groups is 1. The summed E-state index contributed by atoms with van der Waals surface area (Å²) in [6.45, 7) is 3.92. The summed E-state index contributed by atoms with van der Waals surface area (Å²) in [5.41, 5.74) is 3.24. The van der Waals surface area contributed by atoms with E-state index in [1.54, 1.807) is 18.2 Å². The number of amides is 1. The fourth-order valence-electron chi connectivity index (χ4n) is 2.19. The predicted molar refractivity (Wildman–Crippen MR) is 95.9 cm³/mol. The van der Waals surface area contributed by atoms with Gasteiger partial charge in [0.1, 0.15) is 5.01 Å². The van der Waals surface area contributed by atoms with Crippen molar-refractivity contribution >= 4 is 28.1 Å². The number of non-ortho nitro benzene ring substituents is 1. The molecule has 126 valence electrons. The molecule has 7 nitrogen and oxygen atoms in total. The molecule has 0 radical (unpaired) electrons. The number of benzene rings is 2. The average Bonchev–Trinajstić information content (AvgIpc) is 3.06. The van der Waals surface area contributed by atoms with Crippen LogP contribution in [0, 0.1) is 24.0 Å². The third-order valence-corrected chi connectivity index (χ3v) is 4.61. The third-order valence-electron chi connectivity index (χ3n) is 3.72. The van der Waals surface area contributed by atoms with Crippen LogP contribution in [0.1, 0.15) is 21.5 Å². The van der Waals surface area contributed by atoms with Gasteiger partial charge in [0.05, 0.1) is 4.92 Å². The predicted octanol–water partition coefficient (Wildman–Crippen LogP) is 3.98. The number of aromatic nitrogens is 2. The van der Waals surface area contributed by atoms with Crippen molar-refractivity contribution in [1.82, 2.24) is 10.2 Å². The number of aryl methyl sites for hydroxylation is 2. The highest BCUT2D eigenvalue weighted by molar-refractivity contribution is 7.18. The molecule has 0 fully saturated rings. The number of rotatable bonds is 4. The normalized spacial score (nSPS) is 10.5. The fourth-order valence-corrected chi connectivity index (χ4v) is 2.93. The molecular formula is C17H14N4O3S. The van der Waals surface area contributed by atoms with Gasteiger partial charge in [-0.15, -0.1) is 10.2 Å². The number of nitrogens with one attached hydrogen (secondary N) is 1. The van der Waals surface area contributed by atoms with Crippen LogP contribution in [-0.2, 0) is 0 Å². The molecule has 3 rings (SSSR count). The van der Waals surface area contributed by atoms with E-state index in [9.17, 15) is 14.9 Å². The number of hydrogen-bond donors (Lipinski definition) is 1. The third kappa shape index (κ3) is 3.69. The number of carbonyl (C=O) groups excluding carboxylic acids is 1. The van der Waals surface area contributed by atoms with Crippen molar-refractivity contribution in [3.8, 4) is 10.6 Å². The van der Waals surface area contributed by atoms with Gasteiger partial charge in [0.25, 0.3) is 11.6 Å². The Kier molecular flexibility index (Phi) is 4.53. The van der Waals surface area contributed by atoms with Crippen LogP contribution in [0.3, 0.4) is 0 Å². The van der Waals surface area contributed by atoms with Crippen LogP contribution in [-0.4, -0.2) is 21.0 Å². The first kappa shape index (κ1) is 16.7. The van der Waals surface area contributed by atoms with E-state index in [4.69, 9.17) is 0 Å². The summed E-state index contributed by atoms with van der Waals surface area (Å²) in [6.07, 6.45) is 0. The van der Waals surface area contributed by atoms with Crippen molar-refractivity contribution in [2.75, 3.05) is 5.32 Å². The Morgan fingerprint density at radius 2 is 1.92 bits per heavy atom. The average molecular weight is 354 g/mol. The minimum absolute atomic E-state index is 0.0200. The smallest absolute Gasteiger partial charge is 0.270 e. The molecule has 8 heteroatoms. The number of nitrogens with zero attached hydrogens (tertiary/aromatic N) is 3. The molecule has 25 heavy (non-hydrogen) atoms. The number of carbonyl (C=O) groups is 1. The second-order valence-electron chi connectivity index (χ2n) is 5.47. The van der Waals surface area contributed by atoms with Crippen molar-refractivity contribution < 1.29 is 9.72 Å². The summed E-state index contributed by atoms with van der Waals surface area (Å²) in [4.78, 5) is 22.7. The van der Waals surface area contributed by atoms with Crippen molar-refractivity contribution in [2.45, 2.75) is 13.8 Å². The molecule has 0 saturated carbocycles. The fraction of sp³-hybridized carbons (Fsp3) is 0.118. The molecule has 0 atom stereocenters. The number of hydrogen-bond acceptors (Lipinski definition) is 6. The lowest BCUT2D eigenvalue weighted by atomic mass is 10.1. The molecule has 1 N–H and O–H groups in total. The van der Waals surface area contributed by atoms with Crippen LogP contribution in [0.15, 0.2) is 42.5 Å². The molecule has 1 heterocycles. The Balaban J connectivity index is 1.79. The van der Waals surface area contributed by atoms with Crippen molar-refractivity contribution in [3.63, 3.8) is 0 Å². The maximum Gasteiger partial charge on any atom is 0.270 e. The van der Waals surface area contributed by atoms with Crippen molar-refractivity contribution in [2.24, 2.45) is 0 Å². The summed E-state index contributed by atoms with van der Waals surface area (Å²) in [5.74, 6) is -0.273. The molecule has 0 bridgehead atoms. The molecular weight excluding hydrogens is 340 g/mol. The summed E-state index contributed by atoms with van der Waals surface area (Å²) in [7, 11) is 0. The van der Waals surface area contributed by atoms with E-state index < -0.39 is 4.92 Å². The van der Waals surface area contributed by atoms with Gasteiger partial charge in [-0.2, -0.15) is 0 Å². The molecule has 0 spiro atoms. The van der Waals surface area contributed by atoms with Gasteiger partial charge < -0.3 is 0 Å². The molecule has 0 saturated heterocycles. The maximum atomic E-state index is 12.3. The second kappa shape index (κ2) is 6.78. The van der Waals surface area contributed by atoms with Crippen LogP contribution >= 0.6 is 11.3 Å². The molecule has 0 aliphatic rings. The van der Waals surface area contributed by atoms with Gasteiger partial charge >= 0.3 is 0 Å². The van der Waals surface area contributed by atoms with Gasteiger partial charge in [-0.3, -0.25) is 20.2 Å². The van der Waals surface area contributed by atoms with Crippen LogP contribution in [0.5, 0.6) is 0 Å². The summed E-state index contributed by atoms with van der Waals surface area (Å²) < 4.78 is 0. The SMILES string of the molecule is Cc1ccc(C(=O)Nc2nnc(-c3cccc([N+](=O)[O-])c3)s2)cc1C. The van der Waals surface area contributed by atoms with Crippen molar-refractivity contribution in [1.29, 1.82) is 0 Å². The van der Waals surface area contributed by atoms with Gasteiger partial charge in [0, 0.05) is 23.3 Å². The Labute approximate surface area is 147 Å². The van der Waals surface area contributed by atoms with Gasteiger partial charge in [-0.1, -0.05) is 29.5 Å². The Bertz CT molecular complexity index is 968. The first-order chi connectivity index (χ1) is 11.9. The molecule has 0 aliphatic carbocycles. The Morgan fingerprint density at radius 3 is 2.64 bits per heavy atom. The lowest BCUT2D eigenvalue weighted by Gasteiger charge is -2.04. The summed E-state index contributed by atoms with van der Waals surface area (Å²) in [6, 6.07) is 11.6. The second-order valence-corrected chi connectivity index (χ2v) is 6.45. The molecule has 1 amide bonds. The quantitative estimate of drug-likeness (QED) is 0.564. The van der Waals surface area contributed by atoms with Crippen LogP contribution < -0.4 is 5.32 Å². The number of anilines is 1. The zero-order valence-corrected chi connectivity index (χ0v) is 14.3. The highest BCUT2D eigenvalue weighted by atomic mass is 32.1. The van der Waals surface area contributed by atoms with Crippen LogP contribution in [0.25, 0.3) is 10.6 Å². The standard InChI is InChI=1S/C17H14N4O3S/c1-10-6-7-12(8-11(10)2)15(22)18-17-20-19-16(25-17)13-4-3-5-14(9-13)21(23)24/h3-9H,1-2H3,(H,18,20,22). The van der Waals surface area contributed by atoms with E-state index in [0.717, 1.165) is 22.5 Å². The highest BCUT2D eigenvalue weighted by Crippen LogP contribution is 2.29. The molecule has 3 aromatic rings. The maximum absolute atomic E-state index is 12.3. The van der Waals surface area contributed by atoms with E-state index in [1.807, 2.05) is 26.0 Å². The molecule has 0 unspecified atom stereocenters. The Hall–Kier alpha value is -3.13. The lowest BCUT2D eigenvalue weighted by Crippen LogP contribution is -2.12. The van der Waals surface area contributed by atoms with Gasteiger partial charge in [-0.05, 0) is 37.1 Å². The zero-order chi connectivity index (χ0) is 18.0. The highest BCUT2D eigenvalue weighted by Gasteiger charge is 2.14. The molecule has 2 aromatic carbocycles. The summed E-state index contributed by atoms with van der Waals surface area (Å²) >= 11 is 1.16. The van der Waals surface area contributed by atoms with Gasteiger partial charge in [-0.25, -0.2) is 0 Å². The van der Waals surface area contributed by atoms with E-state index >= 15 is 0 Å². The van der Waals surface area contributed by atoms with E-state index in [1.165, 1.54) is 12.1 Å². The first-order valence-corrected chi connectivity index (χ1v) is 8.22.